The maximum atomic E-state index is 12.7. The van der Waals surface area contributed by atoms with Gasteiger partial charge in [0.15, 0.2) is 0 Å². The van der Waals surface area contributed by atoms with Gasteiger partial charge in [-0.15, -0.1) is 0 Å². The van der Waals surface area contributed by atoms with Crippen molar-refractivity contribution in [3.05, 3.63) is 42.1 Å². The van der Waals surface area contributed by atoms with Gasteiger partial charge >= 0.3 is 0 Å². The fourth-order valence-corrected chi connectivity index (χ4v) is 3.14. The number of benzene rings is 1. The molecule has 1 saturated carbocycles. The monoisotopic (exact) mass is 296 g/mol. The maximum absolute atomic E-state index is 12.7. The average molecular weight is 296 g/mol. The van der Waals surface area contributed by atoms with Crippen LogP contribution in [0.15, 0.2) is 36.5 Å². The number of pyridine rings is 1. The molecule has 1 unspecified atom stereocenters. The molecule has 1 atom stereocenters. The van der Waals surface area contributed by atoms with Crippen LogP contribution in [0.25, 0.3) is 10.9 Å². The zero-order valence-corrected chi connectivity index (χ0v) is 12.6. The predicted octanol–water partition coefficient (Wildman–Crippen LogP) is 2.76. The lowest BCUT2D eigenvalue weighted by molar-refractivity contribution is -0.136. The van der Waals surface area contributed by atoms with Crippen LogP contribution in [0.1, 0.15) is 24.8 Å². The van der Waals surface area contributed by atoms with Crippen molar-refractivity contribution in [1.29, 1.82) is 0 Å². The number of aromatic nitrogens is 1. The summed E-state index contributed by atoms with van der Waals surface area (Å²) in [6.45, 7) is 1.96. The van der Waals surface area contributed by atoms with Crippen molar-refractivity contribution in [2.24, 2.45) is 5.92 Å². The Morgan fingerprint density at radius 1 is 1.27 bits per heavy atom. The van der Waals surface area contributed by atoms with Crippen molar-refractivity contribution in [1.82, 2.24) is 9.88 Å². The van der Waals surface area contributed by atoms with Crippen LogP contribution in [-0.2, 0) is 16.1 Å². The van der Waals surface area contributed by atoms with Crippen molar-refractivity contribution < 1.29 is 9.53 Å². The second-order valence-electron chi connectivity index (χ2n) is 6.29. The number of para-hydroxylation sites is 1. The van der Waals surface area contributed by atoms with Gasteiger partial charge in [0.2, 0.25) is 5.91 Å². The minimum atomic E-state index is 0.0500. The van der Waals surface area contributed by atoms with Gasteiger partial charge in [0, 0.05) is 30.8 Å². The minimum Gasteiger partial charge on any atom is -0.381 e. The SMILES string of the molecule is O=C(C1CCOC1)N(Cc1cnc2ccccc2c1)C1CC1. The molecule has 0 N–H and O–H groups in total. The smallest absolute Gasteiger partial charge is 0.228 e. The zero-order chi connectivity index (χ0) is 14.9. The summed E-state index contributed by atoms with van der Waals surface area (Å²) in [7, 11) is 0. The highest BCUT2D eigenvalue weighted by atomic mass is 16.5. The first-order valence-corrected chi connectivity index (χ1v) is 8.03. The van der Waals surface area contributed by atoms with Crippen LogP contribution < -0.4 is 0 Å². The number of amides is 1. The molecule has 4 nitrogen and oxygen atoms in total. The van der Waals surface area contributed by atoms with Gasteiger partial charge in [-0.25, -0.2) is 0 Å². The first kappa shape index (κ1) is 13.7. The minimum absolute atomic E-state index is 0.0500. The van der Waals surface area contributed by atoms with Crippen molar-refractivity contribution >= 4 is 16.8 Å². The van der Waals surface area contributed by atoms with Crippen LogP contribution >= 0.6 is 0 Å². The molecule has 0 spiro atoms. The highest BCUT2D eigenvalue weighted by Gasteiger charge is 2.37. The van der Waals surface area contributed by atoms with Crippen LogP contribution in [0.2, 0.25) is 0 Å². The van der Waals surface area contributed by atoms with E-state index in [0.717, 1.165) is 35.7 Å². The Kier molecular flexibility index (Phi) is 3.54. The van der Waals surface area contributed by atoms with E-state index in [9.17, 15) is 4.79 Å². The predicted molar refractivity (Wildman–Crippen MR) is 84.2 cm³/mol. The molecule has 1 aromatic carbocycles. The van der Waals surface area contributed by atoms with Gasteiger partial charge < -0.3 is 9.64 Å². The fraction of sp³-hybridized carbons (Fsp3) is 0.444. The first-order chi connectivity index (χ1) is 10.8. The maximum Gasteiger partial charge on any atom is 0.228 e. The number of nitrogens with zero attached hydrogens (tertiary/aromatic N) is 2. The van der Waals surface area contributed by atoms with Crippen LogP contribution in [0.3, 0.4) is 0 Å². The third-order valence-corrected chi connectivity index (χ3v) is 4.55. The fourth-order valence-electron chi connectivity index (χ4n) is 3.14. The molecule has 4 rings (SSSR count). The lowest BCUT2D eigenvalue weighted by atomic mass is 10.1. The number of hydrogen-bond donors (Lipinski definition) is 0. The number of hydrogen-bond acceptors (Lipinski definition) is 3. The Hall–Kier alpha value is -1.94. The van der Waals surface area contributed by atoms with Gasteiger partial charge in [-0.05, 0) is 37.0 Å². The van der Waals surface area contributed by atoms with E-state index >= 15 is 0 Å². The summed E-state index contributed by atoms with van der Waals surface area (Å²) in [5.74, 6) is 0.308. The molecule has 1 aliphatic carbocycles. The first-order valence-electron chi connectivity index (χ1n) is 8.03. The molecule has 0 radical (unpaired) electrons. The lowest BCUT2D eigenvalue weighted by Crippen LogP contribution is -2.37. The number of ether oxygens (including phenoxy) is 1. The molecular formula is C18H20N2O2. The Balaban J connectivity index is 1.56. The molecule has 114 valence electrons. The summed E-state index contributed by atoms with van der Waals surface area (Å²) < 4.78 is 5.38. The largest absolute Gasteiger partial charge is 0.381 e. The van der Waals surface area contributed by atoms with Crippen LogP contribution in [0, 0.1) is 5.92 Å². The van der Waals surface area contributed by atoms with Crippen LogP contribution in [0.5, 0.6) is 0 Å². The van der Waals surface area contributed by atoms with Crippen LogP contribution in [-0.4, -0.2) is 35.0 Å². The summed E-state index contributed by atoms with van der Waals surface area (Å²) in [4.78, 5) is 19.3. The van der Waals surface area contributed by atoms with E-state index in [-0.39, 0.29) is 11.8 Å². The quantitative estimate of drug-likeness (QED) is 0.871. The molecule has 1 saturated heterocycles. The molecular weight excluding hydrogens is 276 g/mol. The third-order valence-electron chi connectivity index (χ3n) is 4.55. The second kappa shape index (κ2) is 5.69. The molecule has 22 heavy (non-hydrogen) atoms. The number of carbonyl (C=O) groups is 1. The lowest BCUT2D eigenvalue weighted by Gasteiger charge is -2.25. The van der Waals surface area contributed by atoms with Gasteiger partial charge in [-0.2, -0.15) is 0 Å². The van der Waals surface area contributed by atoms with Gasteiger partial charge in [0.1, 0.15) is 0 Å². The molecule has 2 aliphatic rings. The average Bonchev–Trinajstić information content (AvgIpc) is 3.25. The number of rotatable bonds is 4. The van der Waals surface area contributed by atoms with Crippen molar-refractivity contribution in [2.75, 3.05) is 13.2 Å². The molecule has 1 aromatic heterocycles. The highest BCUT2D eigenvalue weighted by Crippen LogP contribution is 2.31. The van der Waals surface area contributed by atoms with Crippen molar-refractivity contribution in [2.45, 2.75) is 31.8 Å². The van der Waals surface area contributed by atoms with Gasteiger partial charge in [0.05, 0.1) is 18.0 Å². The summed E-state index contributed by atoms with van der Waals surface area (Å²) in [6.07, 6.45) is 5.01. The van der Waals surface area contributed by atoms with E-state index in [2.05, 4.69) is 17.1 Å². The van der Waals surface area contributed by atoms with E-state index in [1.807, 2.05) is 29.3 Å². The second-order valence-corrected chi connectivity index (χ2v) is 6.29. The van der Waals surface area contributed by atoms with E-state index in [1.165, 1.54) is 0 Å². The molecule has 0 bridgehead atoms. The third kappa shape index (κ3) is 2.71. The standard InChI is InChI=1S/C18H20N2O2/c21-18(15-7-8-22-12-15)20(16-5-6-16)11-13-9-14-3-1-2-4-17(14)19-10-13/h1-4,9-10,15-16H,5-8,11-12H2. The van der Waals surface area contributed by atoms with E-state index < -0.39 is 0 Å². The molecule has 2 heterocycles. The van der Waals surface area contributed by atoms with Gasteiger partial charge in [-0.1, -0.05) is 18.2 Å². The summed E-state index contributed by atoms with van der Waals surface area (Å²) in [6, 6.07) is 10.7. The van der Waals surface area contributed by atoms with Crippen LogP contribution in [0.4, 0.5) is 0 Å². The normalized spacial score (nSPS) is 21.2. The summed E-state index contributed by atoms with van der Waals surface area (Å²) >= 11 is 0. The Morgan fingerprint density at radius 2 is 2.14 bits per heavy atom. The van der Waals surface area contributed by atoms with Gasteiger partial charge in [-0.3, -0.25) is 9.78 Å². The summed E-state index contributed by atoms with van der Waals surface area (Å²) in [5.41, 5.74) is 2.11. The topological polar surface area (TPSA) is 42.4 Å². The van der Waals surface area contributed by atoms with E-state index in [4.69, 9.17) is 4.74 Å². The van der Waals surface area contributed by atoms with Crippen molar-refractivity contribution in [3.63, 3.8) is 0 Å². The van der Waals surface area contributed by atoms with E-state index in [1.54, 1.807) is 0 Å². The Bertz CT molecular complexity index is 690. The number of carbonyl (C=O) groups excluding carboxylic acids is 1. The van der Waals surface area contributed by atoms with Gasteiger partial charge in [0.25, 0.3) is 0 Å². The number of fused-ring (bicyclic) bond motifs is 1. The van der Waals surface area contributed by atoms with E-state index in [0.29, 0.717) is 25.8 Å². The molecule has 1 aliphatic heterocycles. The summed E-state index contributed by atoms with van der Waals surface area (Å²) in [5, 5.41) is 1.13. The van der Waals surface area contributed by atoms with Crippen molar-refractivity contribution in [3.8, 4) is 0 Å². The Labute approximate surface area is 130 Å². The Morgan fingerprint density at radius 3 is 2.91 bits per heavy atom. The highest BCUT2D eigenvalue weighted by molar-refractivity contribution is 5.81. The molecule has 2 fully saturated rings. The molecule has 4 heteroatoms. The molecule has 1 amide bonds. The zero-order valence-electron chi connectivity index (χ0n) is 12.6. The molecule has 2 aromatic rings.